The summed E-state index contributed by atoms with van der Waals surface area (Å²) >= 11 is 1.87. The summed E-state index contributed by atoms with van der Waals surface area (Å²) in [6.07, 6.45) is 0. The van der Waals surface area contributed by atoms with Gasteiger partial charge in [0, 0.05) is 31.2 Å². The van der Waals surface area contributed by atoms with E-state index in [0.717, 1.165) is 11.4 Å². The number of benzene rings is 8. The normalized spacial score (nSPS) is 11.4. The third kappa shape index (κ3) is 5.08. The molecule has 1 aromatic heterocycles. The smallest absolute Gasteiger partial charge is 0.0555 e. The van der Waals surface area contributed by atoms with Gasteiger partial charge < -0.3 is 4.90 Å². The predicted octanol–water partition coefficient (Wildman–Crippen LogP) is 14.3. The van der Waals surface area contributed by atoms with E-state index in [-0.39, 0.29) is 0 Å². The number of rotatable bonds is 6. The lowest BCUT2D eigenvalue weighted by atomic mass is 9.85. The molecule has 2 heteroatoms. The summed E-state index contributed by atoms with van der Waals surface area (Å²) in [4.78, 5) is 2.51. The molecule has 0 unspecified atom stereocenters. The Morgan fingerprint density at radius 2 is 1.00 bits per heavy atom. The Kier molecular flexibility index (Phi) is 7.53. The first-order chi connectivity index (χ1) is 24.7. The van der Waals surface area contributed by atoms with Crippen molar-refractivity contribution in [1.82, 2.24) is 0 Å². The largest absolute Gasteiger partial charge is 0.309 e. The van der Waals surface area contributed by atoms with Gasteiger partial charge in [0.15, 0.2) is 0 Å². The second-order valence-electron chi connectivity index (χ2n) is 13.0. The van der Waals surface area contributed by atoms with Crippen LogP contribution in [0.3, 0.4) is 0 Å². The maximum atomic E-state index is 2.51. The molecule has 0 spiro atoms. The lowest BCUT2D eigenvalue weighted by molar-refractivity contribution is 1.27. The molecule has 0 saturated heterocycles. The molecule has 0 aliphatic carbocycles. The molecule has 9 rings (SSSR count). The first-order valence-corrected chi connectivity index (χ1v) is 18.0. The van der Waals surface area contributed by atoms with Crippen LogP contribution in [0.25, 0.3) is 64.3 Å². The molecule has 0 bridgehead atoms. The summed E-state index contributed by atoms with van der Waals surface area (Å²) < 4.78 is 2.59. The Labute approximate surface area is 297 Å². The summed E-state index contributed by atoms with van der Waals surface area (Å²) in [5, 5.41) is 5.01. The van der Waals surface area contributed by atoms with Crippen molar-refractivity contribution in [1.29, 1.82) is 0 Å². The Morgan fingerprint density at radius 1 is 0.400 bits per heavy atom. The summed E-state index contributed by atoms with van der Waals surface area (Å²) in [5.41, 5.74) is 13.4. The van der Waals surface area contributed by atoms with Crippen LogP contribution in [-0.4, -0.2) is 0 Å². The van der Waals surface area contributed by atoms with Gasteiger partial charge in [-0.1, -0.05) is 140 Å². The van der Waals surface area contributed by atoms with Crippen LogP contribution in [0.15, 0.2) is 176 Å². The van der Waals surface area contributed by atoms with E-state index in [1.165, 1.54) is 81.1 Å². The molecule has 0 aliphatic rings. The highest BCUT2D eigenvalue weighted by atomic mass is 32.1. The van der Waals surface area contributed by atoms with Crippen LogP contribution in [0, 0.1) is 13.8 Å². The van der Waals surface area contributed by atoms with Gasteiger partial charge in [0.2, 0.25) is 0 Å². The van der Waals surface area contributed by atoms with Crippen molar-refractivity contribution >= 4 is 59.3 Å². The highest BCUT2D eigenvalue weighted by molar-refractivity contribution is 7.26. The zero-order chi connectivity index (χ0) is 33.6. The number of hydrogen-bond acceptors (Lipinski definition) is 2. The molecule has 0 atom stereocenters. The monoisotopic (exact) mass is 657 g/mol. The standard InChI is InChI=1S/C48H35NS/c1-32-28-29-36(30-33(32)2)49(43-25-15-27-46-48(43)41-24-13-14-26-45(41)50-46)44-31-42(35-18-7-4-8-19-35)47(40-23-12-10-21-38(40)44)39-22-11-9-20-37(39)34-16-5-3-6-17-34/h3-31H,1-2H3. The van der Waals surface area contributed by atoms with Crippen LogP contribution in [0.4, 0.5) is 17.1 Å². The quantitative estimate of drug-likeness (QED) is 0.172. The van der Waals surface area contributed by atoms with E-state index in [2.05, 4.69) is 195 Å². The van der Waals surface area contributed by atoms with E-state index in [1.54, 1.807) is 0 Å². The molecule has 1 nitrogen and oxygen atoms in total. The summed E-state index contributed by atoms with van der Waals surface area (Å²) in [6, 6.07) is 64.4. The SMILES string of the molecule is Cc1ccc(N(c2cc(-c3ccccc3)c(-c3ccccc3-c3ccccc3)c3ccccc23)c2cccc3sc4ccccc4c23)cc1C. The highest BCUT2D eigenvalue weighted by Crippen LogP contribution is 2.51. The van der Waals surface area contributed by atoms with Crippen molar-refractivity contribution in [2.75, 3.05) is 4.90 Å². The predicted molar refractivity (Wildman–Crippen MR) is 217 cm³/mol. The Morgan fingerprint density at radius 3 is 1.74 bits per heavy atom. The number of thiophene rings is 1. The van der Waals surface area contributed by atoms with Crippen LogP contribution in [-0.2, 0) is 0 Å². The molecule has 9 aromatic rings. The molecule has 0 saturated carbocycles. The molecule has 8 aromatic carbocycles. The first-order valence-electron chi connectivity index (χ1n) is 17.2. The van der Waals surface area contributed by atoms with E-state index < -0.39 is 0 Å². The van der Waals surface area contributed by atoms with Gasteiger partial charge in [0.25, 0.3) is 0 Å². The number of anilines is 3. The molecule has 0 aliphatic heterocycles. The fourth-order valence-corrected chi connectivity index (χ4v) is 8.59. The average molecular weight is 658 g/mol. The van der Waals surface area contributed by atoms with Gasteiger partial charge >= 0.3 is 0 Å². The van der Waals surface area contributed by atoms with E-state index >= 15 is 0 Å². The maximum absolute atomic E-state index is 2.51. The number of nitrogens with zero attached hydrogens (tertiary/aromatic N) is 1. The van der Waals surface area contributed by atoms with Gasteiger partial charge in [-0.15, -0.1) is 11.3 Å². The fourth-order valence-electron chi connectivity index (χ4n) is 7.46. The molecular formula is C48H35NS. The van der Waals surface area contributed by atoms with Gasteiger partial charge in [-0.3, -0.25) is 0 Å². The molecule has 1 heterocycles. The number of fused-ring (bicyclic) bond motifs is 4. The van der Waals surface area contributed by atoms with Crippen molar-refractivity contribution < 1.29 is 0 Å². The fraction of sp³-hybridized carbons (Fsp3) is 0.0417. The lowest BCUT2D eigenvalue weighted by Crippen LogP contribution is -2.12. The third-order valence-electron chi connectivity index (χ3n) is 10.00. The van der Waals surface area contributed by atoms with E-state index in [4.69, 9.17) is 0 Å². The topological polar surface area (TPSA) is 3.24 Å². The van der Waals surface area contributed by atoms with Crippen molar-refractivity contribution in [3.05, 3.63) is 187 Å². The Hall–Kier alpha value is -5.96. The number of aryl methyl sites for hydroxylation is 2. The Balaban J connectivity index is 1.42. The molecular weight excluding hydrogens is 623 g/mol. The minimum Gasteiger partial charge on any atom is -0.309 e. The second kappa shape index (κ2) is 12.5. The van der Waals surface area contributed by atoms with E-state index in [9.17, 15) is 0 Å². The zero-order valence-corrected chi connectivity index (χ0v) is 28.9. The van der Waals surface area contributed by atoms with Crippen LogP contribution in [0.2, 0.25) is 0 Å². The number of hydrogen-bond donors (Lipinski definition) is 0. The zero-order valence-electron chi connectivity index (χ0n) is 28.1. The second-order valence-corrected chi connectivity index (χ2v) is 14.1. The van der Waals surface area contributed by atoms with Crippen LogP contribution < -0.4 is 4.90 Å². The third-order valence-corrected chi connectivity index (χ3v) is 11.1. The van der Waals surface area contributed by atoms with Gasteiger partial charge in [0.05, 0.1) is 11.4 Å². The molecule has 238 valence electrons. The lowest BCUT2D eigenvalue weighted by Gasteiger charge is -2.30. The first kappa shape index (κ1) is 30.1. The molecule has 0 fully saturated rings. The molecule has 0 N–H and O–H groups in total. The van der Waals surface area contributed by atoms with E-state index in [1.807, 2.05) is 11.3 Å². The summed E-state index contributed by atoms with van der Waals surface area (Å²) in [7, 11) is 0. The van der Waals surface area contributed by atoms with Gasteiger partial charge in [-0.05, 0) is 100 Å². The summed E-state index contributed by atoms with van der Waals surface area (Å²) in [6.45, 7) is 4.41. The average Bonchev–Trinajstić information content (AvgIpc) is 3.56. The van der Waals surface area contributed by atoms with Crippen molar-refractivity contribution in [2.45, 2.75) is 13.8 Å². The highest BCUT2D eigenvalue weighted by Gasteiger charge is 2.24. The van der Waals surface area contributed by atoms with Gasteiger partial charge in [0.1, 0.15) is 0 Å². The van der Waals surface area contributed by atoms with Crippen LogP contribution in [0.5, 0.6) is 0 Å². The van der Waals surface area contributed by atoms with Crippen molar-refractivity contribution in [3.63, 3.8) is 0 Å². The van der Waals surface area contributed by atoms with E-state index in [0.29, 0.717) is 0 Å². The van der Waals surface area contributed by atoms with Crippen LogP contribution in [0.1, 0.15) is 11.1 Å². The Bertz CT molecular complexity index is 2670. The van der Waals surface area contributed by atoms with Gasteiger partial charge in [-0.2, -0.15) is 0 Å². The molecule has 0 radical (unpaired) electrons. The van der Waals surface area contributed by atoms with Crippen molar-refractivity contribution in [3.8, 4) is 33.4 Å². The summed E-state index contributed by atoms with van der Waals surface area (Å²) in [5.74, 6) is 0. The molecule has 50 heavy (non-hydrogen) atoms. The minimum absolute atomic E-state index is 1.15. The maximum Gasteiger partial charge on any atom is 0.0555 e. The van der Waals surface area contributed by atoms with Gasteiger partial charge in [-0.25, -0.2) is 0 Å². The molecule has 0 amide bonds. The van der Waals surface area contributed by atoms with Crippen molar-refractivity contribution in [2.24, 2.45) is 0 Å². The van der Waals surface area contributed by atoms with Crippen LogP contribution >= 0.6 is 11.3 Å². The minimum atomic E-state index is 1.15.